The Balaban J connectivity index is 1.07. The van der Waals surface area contributed by atoms with Gasteiger partial charge in [-0.3, -0.25) is 4.90 Å². The molecule has 164 valence electrons. The van der Waals surface area contributed by atoms with E-state index < -0.39 is 0 Å². The first kappa shape index (κ1) is 20.5. The lowest BCUT2D eigenvalue weighted by atomic mass is 10.0. The molecule has 2 aromatic rings. The molecule has 0 bridgehead atoms. The maximum absolute atomic E-state index is 9.24. The molecule has 0 radical (unpaired) electrons. The zero-order valence-electron chi connectivity index (χ0n) is 18.2. The molecule has 6 nitrogen and oxygen atoms in total. The quantitative estimate of drug-likeness (QED) is 0.731. The lowest BCUT2D eigenvalue weighted by Crippen LogP contribution is -2.46. The number of nitrogens with zero attached hydrogens (tertiary/aromatic N) is 3. The number of aromatic nitrogens is 1. The molecular formula is C26H28N4O2. The highest BCUT2D eigenvalue weighted by Crippen LogP contribution is 2.26. The minimum Gasteiger partial charge on any atom is -0.456 e. The summed E-state index contributed by atoms with van der Waals surface area (Å²) in [5.41, 5.74) is 4.22. The van der Waals surface area contributed by atoms with E-state index in [1.165, 1.54) is 11.1 Å². The van der Waals surface area contributed by atoms with Crippen LogP contribution in [0.2, 0.25) is 0 Å². The van der Waals surface area contributed by atoms with Crippen molar-refractivity contribution in [3.63, 3.8) is 0 Å². The summed E-state index contributed by atoms with van der Waals surface area (Å²) in [5.74, 6) is 1.62. The molecule has 1 N–H and O–H groups in total. The number of aryl methyl sites for hydroxylation is 1. The number of aromatic amines is 1. The summed E-state index contributed by atoms with van der Waals surface area (Å²) >= 11 is 0. The van der Waals surface area contributed by atoms with Crippen molar-refractivity contribution < 1.29 is 9.47 Å². The molecule has 32 heavy (non-hydrogen) atoms. The van der Waals surface area contributed by atoms with E-state index in [0.29, 0.717) is 0 Å². The molecule has 1 aromatic carbocycles. The van der Waals surface area contributed by atoms with Crippen molar-refractivity contribution in [3.05, 3.63) is 83.5 Å². The lowest BCUT2D eigenvalue weighted by molar-refractivity contribution is 0.0842. The summed E-state index contributed by atoms with van der Waals surface area (Å²) in [6.45, 7) is 4.98. The van der Waals surface area contributed by atoms with E-state index in [4.69, 9.17) is 9.47 Å². The van der Waals surface area contributed by atoms with Crippen molar-refractivity contribution in [2.75, 3.05) is 32.7 Å². The highest BCUT2D eigenvalue weighted by Gasteiger charge is 2.22. The fourth-order valence-corrected chi connectivity index (χ4v) is 4.51. The molecule has 6 heteroatoms. The van der Waals surface area contributed by atoms with E-state index in [0.717, 1.165) is 86.5 Å². The molecule has 1 saturated heterocycles. The number of benzene rings is 1. The second-order valence-electron chi connectivity index (χ2n) is 8.46. The minimum atomic E-state index is 0.718. The SMILES string of the molecule is N#Cc1c[nH]c2ccc(CCCN3CCN(C4=COC(C5=CC=CCC5)=CO4)CC3)cc12. The smallest absolute Gasteiger partial charge is 0.231 e. The third-order valence-corrected chi connectivity index (χ3v) is 6.39. The Morgan fingerprint density at radius 3 is 2.75 bits per heavy atom. The van der Waals surface area contributed by atoms with Gasteiger partial charge in [-0.05, 0) is 55.5 Å². The summed E-state index contributed by atoms with van der Waals surface area (Å²) < 4.78 is 11.8. The van der Waals surface area contributed by atoms with Crippen LogP contribution in [-0.4, -0.2) is 47.5 Å². The summed E-state index contributed by atoms with van der Waals surface area (Å²) in [7, 11) is 0. The number of nitriles is 1. The second kappa shape index (κ2) is 9.37. The number of piperazine rings is 1. The van der Waals surface area contributed by atoms with E-state index in [2.05, 4.69) is 57.3 Å². The Labute approximate surface area is 188 Å². The van der Waals surface area contributed by atoms with Crippen molar-refractivity contribution in [3.8, 4) is 6.07 Å². The molecule has 0 saturated carbocycles. The highest BCUT2D eigenvalue weighted by atomic mass is 16.6. The number of ether oxygens (including phenoxy) is 2. The number of hydrogen-bond donors (Lipinski definition) is 1. The van der Waals surface area contributed by atoms with Crippen LogP contribution in [0.1, 0.15) is 30.4 Å². The van der Waals surface area contributed by atoms with Gasteiger partial charge in [0, 0.05) is 43.3 Å². The van der Waals surface area contributed by atoms with Crippen LogP contribution in [0.4, 0.5) is 0 Å². The maximum atomic E-state index is 9.24. The molecule has 1 fully saturated rings. The maximum Gasteiger partial charge on any atom is 0.231 e. The standard InChI is InChI=1S/C26H28N4O2/c27-16-22-17-28-24-9-8-20(15-23(22)24)5-4-10-29-11-13-30(14-12-29)26-19-31-25(18-32-26)21-6-2-1-3-7-21/h1-2,6,8-9,15,17-19,28H,3-5,7,10-14H2. The number of allylic oxidation sites excluding steroid dienone is 4. The highest BCUT2D eigenvalue weighted by molar-refractivity contribution is 5.86. The Bertz CT molecular complexity index is 1140. The zero-order valence-corrected chi connectivity index (χ0v) is 18.2. The van der Waals surface area contributed by atoms with Crippen LogP contribution in [0, 0.1) is 11.3 Å². The lowest BCUT2D eigenvalue weighted by Gasteiger charge is -2.36. The normalized spacial score (nSPS) is 19.0. The predicted molar refractivity (Wildman–Crippen MR) is 124 cm³/mol. The molecular weight excluding hydrogens is 400 g/mol. The van der Waals surface area contributed by atoms with Crippen LogP contribution in [0.5, 0.6) is 0 Å². The fraction of sp³-hybridized carbons (Fsp3) is 0.346. The molecule has 3 aliphatic rings. The van der Waals surface area contributed by atoms with E-state index in [1.54, 1.807) is 18.7 Å². The van der Waals surface area contributed by atoms with Crippen LogP contribution < -0.4 is 0 Å². The van der Waals surface area contributed by atoms with Crippen molar-refractivity contribution in [2.24, 2.45) is 0 Å². The Morgan fingerprint density at radius 2 is 2.00 bits per heavy atom. The molecule has 2 aliphatic heterocycles. The summed E-state index contributed by atoms with van der Waals surface area (Å²) in [4.78, 5) is 7.92. The number of nitrogens with one attached hydrogen (secondary N) is 1. The van der Waals surface area contributed by atoms with Gasteiger partial charge in [0.05, 0.1) is 5.56 Å². The van der Waals surface area contributed by atoms with Gasteiger partial charge in [-0.25, -0.2) is 0 Å². The van der Waals surface area contributed by atoms with Gasteiger partial charge in [-0.2, -0.15) is 5.26 Å². The van der Waals surface area contributed by atoms with Gasteiger partial charge in [-0.15, -0.1) is 0 Å². The van der Waals surface area contributed by atoms with Crippen LogP contribution >= 0.6 is 0 Å². The van der Waals surface area contributed by atoms with Crippen LogP contribution in [0.15, 0.2) is 72.4 Å². The van der Waals surface area contributed by atoms with Gasteiger partial charge in [0.2, 0.25) is 5.88 Å². The number of H-pyrrole nitrogens is 1. The van der Waals surface area contributed by atoms with Crippen molar-refractivity contribution >= 4 is 10.9 Å². The first-order chi connectivity index (χ1) is 15.8. The van der Waals surface area contributed by atoms with Crippen LogP contribution in [-0.2, 0) is 15.9 Å². The minimum absolute atomic E-state index is 0.718. The Morgan fingerprint density at radius 1 is 1.09 bits per heavy atom. The largest absolute Gasteiger partial charge is 0.456 e. The van der Waals surface area contributed by atoms with E-state index in [9.17, 15) is 5.26 Å². The second-order valence-corrected chi connectivity index (χ2v) is 8.46. The topological polar surface area (TPSA) is 64.5 Å². The monoisotopic (exact) mass is 428 g/mol. The van der Waals surface area contributed by atoms with Gasteiger partial charge < -0.3 is 19.4 Å². The molecule has 3 heterocycles. The first-order valence-electron chi connectivity index (χ1n) is 11.4. The molecule has 5 rings (SSSR count). The first-order valence-corrected chi connectivity index (χ1v) is 11.4. The van der Waals surface area contributed by atoms with E-state index in [1.807, 2.05) is 0 Å². The third-order valence-electron chi connectivity index (χ3n) is 6.39. The molecule has 0 amide bonds. The predicted octanol–water partition coefficient (Wildman–Crippen LogP) is 4.55. The van der Waals surface area contributed by atoms with E-state index in [-0.39, 0.29) is 0 Å². The van der Waals surface area contributed by atoms with E-state index >= 15 is 0 Å². The van der Waals surface area contributed by atoms with Gasteiger partial charge in [0.25, 0.3) is 0 Å². The van der Waals surface area contributed by atoms with Gasteiger partial charge >= 0.3 is 0 Å². The summed E-state index contributed by atoms with van der Waals surface area (Å²) in [5, 5.41) is 10.3. The molecule has 0 spiro atoms. The molecule has 0 unspecified atom stereocenters. The average Bonchev–Trinajstić information content (AvgIpc) is 3.28. The average molecular weight is 429 g/mol. The molecule has 1 aromatic heterocycles. The summed E-state index contributed by atoms with van der Waals surface area (Å²) in [6, 6.07) is 8.64. The van der Waals surface area contributed by atoms with Crippen molar-refractivity contribution in [2.45, 2.75) is 25.7 Å². The van der Waals surface area contributed by atoms with Crippen molar-refractivity contribution in [1.29, 1.82) is 5.26 Å². The van der Waals surface area contributed by atoms with Gasteiger partial charge in [0.1, 0.15) is 12.3 Å². The zero-order chi connectivity index (χ0) is 21.8. The molecule has 1 aliphatic carbocycles. The van der Waals surface area contributed by atoms with Crippen LogP contribution in [0.3, 0.4) is 0 Å². The fourth-order valence-electron chi connectivity index (χ4n) is 4.51. The molecule has 0 atom stereocenters. The third kappa shape index (κ3) is 4.44. The Kier molecular flexibility index (Phi) is 6.00. The Hall–Kier alpha value is -3.43. The summed E-state index contributed by atoms with van der Waals surface area (Å²) in [6.07, 6.45) is 15.8. The van der Waals surface area contributed by atoms with Gasteiger partial charge in [-0.1, -0.05) is 24.3 Å². The number of rotatable bonds is 6. The van der Waals surface area contributed by atoms with Crippen LogP contribution in [0.25, 0.3) is 10.9 Å². The number of fused-ring (bicyclic) bond motifs is 1. The van der Waals surface area contributed by atoms with Gasteiger partial charge in [0.15, 0.2) is 12.0 Å². The van der Waals surface area contributed by atoms with Crippen molar-refractivity contribution in [1.82, 2.24) is 14.8 Å². The number of hydrogen-bond acceptors (Lipinski definition) is 5.